The van der Waals surface area contributed by atoms with Crippen molar-refractivity contribution in [2.24, 2.45) is 5.41 Å². The zero-order chi connectivity index (χ0) is 21.8. The summed E-state index contributed by atoms with van der Waals surface area (Å²) in [6.07, 6.45) is 2.18. The lowest BCUT2D eigenvalue weighted by molar-refractivity contribution is -0.153. The molecule has 1 aliphatic rings. The van der Waals surface area contributed by atoms with Gasteiger partial charge in [0, 0.05) is 22.0 Å². The number of aliphatic hydroxyl groups is 1. The number of aliphatic carboxylic acids is 1. The fourth-order valence-corrected chi connectivity index (χ4v) is 5.51. The van der Waals surface area contributed by atoms with Gasteiger partial charge in [0.1, 0.15) is 5.44 Å². The van der Waals surface area contributed by atoms with E-state index in [0.29, 0.717) is 39.9 Å². The molecule has 29 heavy (non-hydrogen) atoms. The second-order valence-electron chi connectivity index (χ2n) is 7.12. The van der Waals surface area contributed by atoms with E-state index in [1.165, 1.54) is 0 Å². The molecule has 0 spiro atoms. The topological polar surface area (TPSA) is 93.4 Å². The highest BCUT2D eigenvalue weighted by Crippen LogP contribution is 2.54. The van der Waals surface area contributed by atoms with Gasteiger partial charge in [0.05, 0.1) is 22.1 Å². The Morgan fingerprint density at radius 1 is 1.38 bits per heavy atom. The van der Waals surface area contributed by atoms with Gasteiger partial charge in [-0.1, -0.05) is 68.2 Å². The van der Waals surface area contributed by atoms with Crippen molar-refractivity contribution in [2.75, 3.05) is 0 Å². The first kappa shape index (κ1) is 23.9. The molecule has 158 valence electrons. The van der Waals surface area contributed by atoms with E-state index in [-0.39, 0.29) is 5.57 Å². The van der Waals surface area contributed by atoms with Gasteiger partial charge < -0.3 is 15.5 Å². The van der Waals surface area contributed by atoms with Gasteiger partial charge in [-0.05, 0) is 37.0 Å². The monoisotopic (exact) mass is 456 g/mol. The van der Waals surface area contributed by atoms with E-state index in [1.807, 2.05) is 20.8 Å². The average Bonchev–Trinajstić information content (AvgIpc) is 2.68. The zero-order valence-electron chi connectivity index (χ0n) is 16.7. The Bertz CT molecular complexity index is 840. The molecular weight excluding hydrogens is 431 g/mol. The molecule has 0 aliphatic carbocycles. The minimum absolute atomic E-state index is 0.281. The molecule has 0 saturated heterocycles. The van der Waals surface area contributed by atoms with Crippen LogP contribution in [0.4, 0.5) is 0 Å². The minimum atomic E-state index is -1.26. The smallest absolute Gasteiger partial charge is 0.312 e. The summed E-state index contributed by atoms with van der Waals surface area (Å²) in [4.78, 5) is 12.7. The number of allylic oxidation sites excluding steroid dienone is 1. The molecular formula is C21H26Cl2N2O3S. The first-order valence-corrected chi connectivity index (χ1v) is 11.3. The number of carboxylic acids is 1. The van der Waals surface area contributed by atoms with Crippen molar-refractivity contribution < 1.29 is 15.0 Å². The molecule has 1 heterocycles. The fourth-order valence-electron chi connectivity index (χ4n) is 4.05. The standard InChI is InChI=1S/C21H26Cl2N2O3S/c1-4-7-16-21(6-3,20(27)28)18(13-9-8-12(22)10-15(13)23)14(11-24)19(25-16)29-17(26)5-2/h8-10,16-18,25-26H,4-7H2,1-3H3,(H,27,28). The summed E-state index contributed by atoms with van der Waals surface area (Å²) >= 11 is 13.7. The van der Waals surface area contributed by atoms with Crippen molar-refractivity contribution >= 4 is 40.9 Å². The summed E-state index contributed by atoms with van der Waals surface area (Å²) < 4.78 is 0. The Morgan fingerprint density at radius 2 is 2.07 bits per heavy atom. The molecule has 1 aliphatic heterocycles. The molecule has 4 atom stereocenters. The van der Waals surface area contributed by atoms with Crippen LogP contribution in [0.25, 0.3) is 0 Å². The molecule has 0 fully saturated rings. The predicted molar refractivity (Wildman–Crippen MR) is 118 cm³/mol. The molecule has 0 radical (unpaired) electrons. The Hall–Kier alpha value is -1.39. The number of nitrogens with one attached hydrogen (secondary N) is 1. The second-order valence-corrected chi connectivity index (χ2v) is 9.15. The van der Waals surface area contributed by atoms with Crippen LogP contribution in [0.3, 0.4) is 0 Å². The molecule has 8 heteroatoms. The summed E-state index contributed by atoms with van der Waals surface area (Å²) in [5.41, 5.74) is -1.13. The largest absolute Gasteiger partial charge is 0.481 e. The predicted octanol–water partition coefficient (Wildman–Crippen LogP) is 5.53. The molecule has 1 aromatic rings. The summed E-state index contributed by atoms with van der Waals surface area (Å²) in [5.74, 6) is -1.74. The van der Waals surface area contributed by atoms with Gasteiger partial charge in [-0.25, -0.2) is 0 Å². The van der Waals surface area contributed by atoms with Gasteiger partial charge in [-0.3, -0.25) is 4.79 Å². The third kappa shape index (κ3) is 4.54. The van der Waals surface area contributed by atoms with Crippen molar-refractivity contribution in [1.82, 2.24) is 5.32 Å². The van der Waals surface area contributed by atoms with Crippen molar-refractivity contribution in [1.29, 1.82) is 5.26 Å². The lowest BCUT2D eigenvalue weighted by Gasteiger charge is -2.48. The molecule has 3 N–H and O–H groups in total. The van der Waals surface area contributed by atoms with Gasteiger partial charge in [-0.2, -0.15) is 5.26 Å². The fraction of sp³-hybridized carbons (Fsp3) is 0.524. The van der Waals surface area contributed by atoms with Crippen LogP contribution in [0.5, 0.6) is 0 Å². The van der Waals surface area contributed by atoms with Gasteiger partial charge in [0.15, 0.2) is 0 Å². The van der Waals surface area contributed by atoms with Crippen LogP contribution in [0, 0.1) is 16.7 Å². The van der Waals surface area contributed by atoms with E-state index in [2.05, 4.69) is 11.4 Å². The number of carbonyl (C=O) groups is 1. The molecule has 0 aromatic heterocycles. The Balaban J connectivity index is 2.83. The average molecular weight is 457 g/mol. The van der Waals surface area contributed by atoms with Gasteiger partial charge in [-0.15, -0.1) is 0 Å². The molecule has 4 unspecified atom stereocenters. The second kappa shape index (κ2) is 10.1. The minimum Gasteiger partial charge on any atom is -0.481 e. The number of rotatable bonds is 8. The number of benzene rings is 1. The van der Waals surface area contributed by atoms with Crippen LogP contribution in [0.15, 0.2) is 28.8 Å². The Kier molecular flexibility index (Phi) is 8.30. The number of thioether (sulfide) groups is 1. The van der Waals surface area contributed by atoms with E-state index in [9.17, 15) is 20.3 Å². The van der Waals surface area contributed by atoms with E-state index >= 15 is 0 Å². The highest BCUT2D eigenvalue weighted by molar-refractivity contribution is 8.03. The molecule has 0 bridgehead atoms. The number of carboxylic acid groups (broad SMARTS) is 1. The number of halogens is 2. The normalized spacial score (nSPS) is 25.3. The van der Waals surface area contributed by atoms with E-state index in [0.717, 1.165) is 18.2 Å². The van der Waals surface area contributed by atoms with Crippen molar-refractivity contribution in [3.63, 3.8) is 0 Å². The summed E-state index contributed by atoms with van der Waals surface area (Å²) in [6.45, 7) is 5.66. The number of nitriles is 1. The first-order chi connectivity index (χ1) is 13.8. The van der Waals surface area contributed by atoms with Crippen LogP contribution in [-0.2, 0) is 4.79 Å². The summed E-state index contributed by atoms with van der Waals surface area (Å²) in [7, 11) is 0. The zero-order valence-corrected chi connectivity index (χ0v) is 19.0. The summed E-state index contributed by atoms with van der Waals surface area (Å²) in [6, 6.07) is 6.72. The third-order valence-corrected chi connectivity index (χ3v) is 7.27. The Morgan fingerprint density at radius 3 is 2.55 bits per heavy atom. The lowest BCUT2D eigenvalue weighted by atomic mass is 9.60. The van der Waals surface area contributed by atoms with E-state index < -0.39 is 28.8 Å². The quantitative estimate of drug-likeness (QED) is 0.445. The number of aliphatic hydroxyl groups excluding tert-OH is 1. The van der Waals surface area contributed by atoms with Crippen LogP contribution in [0.2, 0.25) is 10.0 Å². The van der Waals surface area contributed by atoms with E-state index in [4.69, 9.17) is 23.2 Å². The Labute approximate surface area is 186 Å². The third-order valence-electron chi connectivity index (χ3n) is 5.53. The molecule has 5 nitrogen and oxygen atoms in total. The molecule has 0 amide bonds. The maximum absolute atomic E-state index is 12.7. The van der Waals surface area contributed by atoms with Crippen molar-refractivity contribution in [2.45, 2.75) is 63.9 Å². The first-order valence-electron chi connectivity index (χ1n) is 9.70. The number of hydrogen-bond donors (Lipinski definition) is 3. The molecule has 2 rings (SSSR count). The molecule has 1 aromatic carbocycles. The van der Waals surface area contributed by atoms with Crippen LogP contribution in [-0.4, -0.2) is 27.7 Å². The highest BCUT2D eigenvalue weighted by Gasteiger charge is 2.56. The number of nitrogens with zero attached hydrogens (tertiary/aromatic N) is 1. The van der Waals surface area contributed by atoms with E-state index in [1.54, 1.807) is 18.2 Å². The van der Waals surface area contributed by atoms with Crippen molar-refractivity contribution in [3.8, 4) is 6.07 Å². The van der Waals surface area contributed by atoms with Gasteiger partial charge in [0.2, 0.25) is 0 Å². The summed E-state index contributed by atoms with van der Waals surface area (Å²) in [5, 5.41) is 35.2. The van der Waals surface area contributed by atoms with Crippen LogP contribution in [0.1, 0.15) is 57.9 Å². The maximum Gasteiger partial charge on any atom is 0.312 e. The van der Waals surface area contributed by atoms with Crippen LogP contribution < -0.4 is 5.32 Å². The maximum atomic E-state index is 12.7. The van der Waals surface area contributed by atoms with Crippen molar-refractivity contribution in [3.05, 3.63) is 44.4 Å². The van der Waals surface area contributed by atoms with Gasteiger partial charge in [0.25, 0.3) is 0 Å². The SMILES string of the molecule is CCCC1NC(SC(O)CC)=C(C#N)C(c2ccc(Cl)cc2Cl)C1(CC)C(=O)O. The van der Waals surface area contributed by atoms with Gasteiger partial charge >= 0.3 is 5.97 Å². The molecule has 0 saturated carbocycles. The van der Waals surface area contributed by atoms with Crippen LogP contribution >= 0.6 is 35.0 Å². The number of hydrogen-bond acceptors (Lipinski definition) is 5. The lowest BCUT2D eigenvalue weighted by Crippen LogP contribution is -2.56. The highest BCUT2D eigenvalue weighted by atomic mass is 35.5.